The number of aliphatic hydroxyl groups excluding tert-OH is 20. The molecule has 72 heteroatoms. The number of nitrogens with two attached hydrogens (primary N) is 4. The third kappa shape index (κ3) is 45.1. The number of anilines is 2. The smallest absolute Gasteiger partial charge is 0.872 e. The second kappa shape index (κ2) is 71.2. The number of nitrogen functional groups attached to an aromatic ring is 2. The number of aliphatic hydroxyl groups is 21. The van der Waals surface area contributed by atoms with E-state index >= 15 is 0 Å². The molecule has 36 N–H and O–H groups in total. The van der Waals surface area contributed by atoms with Crippen molar-refractivity contribution in [2.24, 2.45) is 11.5 Å². The first kappa shape index (κ1) is 149. The molecule has 141 heavy (non-hydrogen) atoms. The molecule has 6 saturated heterocycles. The van der Waals surface area contributed by atoms with Crippen LogP contribution in [-0.2, 0) is 94.0 Å². The Morgan fingerprint density at radius 3 is 1.18 bits per heavy atom. The van der Waals surface area contributed by atoms with E-state index in [-0.39, 0.29) is 192 Å². The number of carboxylic acids is 2. The first-order valence-electron chi connectivity index (χ1n) is 39.7. The van der Waals surface area contributed by atoms with Crippen LogP contribution in [0.4, 0.5) is 11.6 Å². The maximum atomic E-state index is 12.7. The van der Waals surface area contributed by atoms with Crippen LogP contribution in [0.2, 0.25) is 0 Å². The number of thiol groups is 2. The van der Waals surface area contributed by atoms with Crippen LogP contribution in [-0.4, -0.2) is 417 Å². The number of ether oxygens (including phenoxy) is 6. The number of phosphoric acid groups is 2. The summed E-state index contributed by atoms with van der Waals surface area (Å²) in [7, 11) is -10.2. The third-order valence-corrected chi connectivity index (χ3v) is 21.5. The molecule has 8 rings (SSSR count). The number of carboxylic acid groups (broad SMARTS) is 2. The summed E-state index contributed by atoms with van der Waals surface area (Å²) in [6, 6.07) is -3.35. The van der Waals surface area contributed by atoms with Crippen molar-refractivity contribution >= 4 is 101 Å². The van der Waals surface area contributed by atoms with Crippen LogP contribution < -0.4 is 243 Å². The molecule has 0 aromatic carbocycles. The molecule has 33 atom stereocenters. The molecule has 0 bridgehead atoms. The summed E-state index contributed by atoms with van der Waals surface area (Å²) in [4.78, 5) is 146. The van der Waals surface area contributed by atoms with Gasteiger partial charge in [0.25, 0.3) is 15.6 Å². The number of carbonyl (C=O) groups excluding carboxylic acids is 8. The number of amides is 6. The molecular formula is C69H122N15Na5O48P2S2. The number of hydrogen-bond acceptors (Lipinski definition) is 57. The van der Waals surface area contributed by atoms with Gasteiger partial charge in [-0.1, -0.05) is 66.5 Å². The molecule has 27 unspecified atom stereocenters. The number of phosphoric ester groups is 2. The van der Waals surface area contributed by atoms with Crippen molar-refractivity contribution < 1.29 is 374 Å². The summed E-state index contributed by atoms with van der Waals surface area (Å²) in [6.07, 6.45) is -42.8. The Bertz CT molecular complexity index is 4290. The van der Waals surface area contributed by atoms with Crippen molar-refractivity contribution in [2.75, 3.05) is 77.8 Å². The van der Waals surface area contributed by atoms with Crippen molar-refractivity contribution in [3.05, 3.63) is 57.8 Å². The van der Waals surface area contributed by atoms with Gasteiger partial charge in [0.2, 0.25) is 47.5 Å². The Morgan fingerprint density at radius 2 is 0.887 bits per heavy atom. The summed E-state index contributed by atoms with van der Waals surface area (Å²) >= 11 is 6.83. The van der Waals surface area contributed by atoms with Gasteiger partial charge < -0.3 is 238 Å². The zero-order valence-electron chi connectivity index (χ0n) is 77.5. The second-order valence-electron chi connectivity index (χ2n) is 28.6. The Morgan fingerprint density at radius 1 is 0.567 bits per heavy atom. The summed E-state index contributed by atoms with van der Waals surface area (Å²) in [6.45, 7) is 6.67. The molecule has 6 aliphatic rings. The van der Waals surface area contributed by atoms with Gasteiger partial charge in [-0.15, -0.1) is 6.58 Å². The molecular weight excluding hydrogens is 2050 g/mol. The number of rotatable bonds is 34. The van der Waals surface area contributed by atoms with E-state index in [0.717, 1.165) is 21.5 Å². The zero-order chi connectivity index (χ0) is 104. The molecule has 8 heterocycles. The molecule has 2 aromatic heterocycles. The molecule has 788 valence electrons. The van der Waals surface area contributed by atoms with Crippen LogP contribution in [0.3, 0.4) is 0 Å². The van der Waals surface area contributed by atoms with E-state index in [1.54, 1.807) is 0 Å². The van der Waals surface area contributed by atoms with E-state index in [4.69, 9.17) is 66.7 Å². The number of carbonyl (C=O) groups is 8. The molecule has 0 radical (unpaired) electrons. The molecule has 0 aliphatic carbocycles. The van der Waals surface area contributed by atoms with Crippen LogP contribution in [0.1, 0.15) is 80.7 Å². The molecule has 63 nitrogen and oxygen atoms in total. The van der Waals surface area contributed by atoms with Gasteiger partial charge in [0.05, 0.1) is 102 Å². The quantitative estimate of drug-likeness (QED) is 0.0102. The predicted octanol–water partition coefficient (Wildman–Crippen LogP) is -37.3. The van der Waals surface area contributed by atoms with E-state index in [9.17, 15) is 174 Å². The van der Waals surface area contributed by atoms with E-state index in [1.165, 1.54) is 33.0 Å². The Hall–Kier alpha value is -2.62. The SMILES string of the molecule is C.C=C([O-])C1(O)CC(O)C(NC(=O)CNC)C([C@H](O)[C@H](O)CO)O1.CC.CC.CC(=O)NS.CC(=O)NS.NC1C(O)OC(CO)C(O)C1O.NCC(=O)NC1C(O)CC(OP(=O)([O-])OCC2OC(n3ccc(N)nc3=O)C(O)C2O)(C(=O)[O-])OC1[C@H](O)[C@H](O)CO.Nc1ccn(C2OC(COP(=O)([O-])OC3(C(=O)[O-])CC(O)C(NC(=O)CNC=O)C([C@H](O)[C@H](O)CO)O3)C(O)C2O)c(=O)n1.[Na+].[Na+].[Na+].[Na+].[Na+]. The second-order valence-corrected chi connectivity index (χ2v) is 31.7. The molecule has 6 amide bonds. The van der Waals surface area contributed by atoms with Gasteiger partial charge >= 0.3 is 159 Å². The zero-order valence-corrected chi connectivity index (χ0v) is 91.1. The van der Waals surface area contributed by atoms with E-state index in [0.29, 0.717) is 0 Å². The number of likely N-dealkylation sites (N-methyl/N-ethyl adjacent to an activating group) is 1. The summed E-state index contributed by atoms with van der Waals surface area (Å²) < 4.78 is 80.3. The monoisotopic (exact) mass is 2170 g/mol. The summed E-state index contributed by atoms with van der Waals surface area (Å²) in [5, 5.41) is 253. The third-order valence-electron chi connectivity index (χ3n) is 18.9. The van der Waals surface area contributed by atoms with Crippen molar-refractivity contribution in [3.8, 4) is 0 Å². The Kier molecular flexibility index (Phi) is 75.3. The molecule has 0 saturated carbocycles. The summed E-state index contributed by atoms with van der Waals surface area (Å²) in [5.74, 6) is -18.3. The van der Waals surface area contributed by atoms with Crippen LogP contribution in [0.25, 0.3) is 0 Å². The van der Waals surface area contributed by atoms with Gasteiger partial charge in [0.15, 0.2) is 24.5 Å². The summed E-state index contributed by atoms with van der Waals surface area (Å²) in [5.41, 5.74) is 19.3. The average Bonchev–Trinajstić information content (AvgIpc) is 1.21. The van der Waals surface area contributed by atoms with Crippen molar-refractivity contribution in [1.29, 1.82) is 0 Å². The number of aromatic nitrogens is 4. The van der Waals surface area contributed by atoms with Crippen LogP contribution in [0.15, 0.2) is 46.5 Å². The maximum absolute atomic E-state index is 12.7. The fourth-order valence-corrected chi connectivity index (χ4v) is 14.1. The molecule has 0 spiro atoms. The minimum Gasteiger partial charge on any atom is -0.872 e. The standard InChI is InChI=1S/C21H32N5O17P.C20H32N5O16P.C13H24N2O8.C6H13NO5.2C2H5NOS.2C2H6.CH4.5Na/c22-11-1-2-26(20(37)24-11)18-16(34)15(33)10(41-18)6-40-44(38,39)43-21(19(35)36)3-8(29)13(25-12(31)4-23-7-28)17(42-21)14(32)9(30)5-27;21-4-11(29)24-12-7(27)3-20(18(33)34,40-16(12)13(30)8(28)5-26)41-42(36,37)38-6-9-14(31)15(32)17(39-9)25-2-1-10(22)23-19(25)35;1-6(17)13(22)3-7(18)10(15-9(20)4-14-2)12(23-13)11(21)8(19)5-16;7-3-5(10)4(9)2(1-8)12-6(3)11;2*1-2(4)3-5;2*1-2;;;;;;/h1-2,7-10,13-18,27,29-30,32-34H,3-6H2,(H,23,28)(H,25,31)(H,35,36)(H,38,39)(H2,22,24,37);1-2,7-9,12-17,26-28,30-32H,3-6,21H2,(H,24,29)(H,33,34)(H,36,37)(H2,22,23,35);7-8,10-12,14,16-19,21-22H,1,3-5H2,2H3,(H,15,20);2-6,8-11H,1,7H2;2*5H,1H3,(H,3,4);2*1-2H3;1H4;;;;;/q;;;;;;;;;5*+1/p-5/t8?,9-,10?,13?,14-,15?,16?,17?,18?,21?;7?,8-,9?,12?,13-,14?,15?,16?,17?,20?;7?,8-,10?,11-,12?,13?;;;;;;;;;;;/m111.........../s1. The van der Waals surface area contributed by atoms with Crippen molar-refractivity contribution in [3.63, 3.8) is 0 Å². The van der Waals surface area contributed by atoms with E-state index in [2.05, 4.69) is 91.0 Å². The minimum absolute atomic E-state index is 0. The van der Waals surface area contributed by atoms with Crippen LogP contribution in [0.5, 0.6) is 0 Å². The Balaban J connectivity index is -0.000000432. The van der Waals surface area contributed by atoms with E-state index in [1.807, 2.05) is 33.0 Å². The van der Waals surface area contributed by atoms with E-state index < -0.39 is 323 Å². The number of aliphatic carboxylic acids is 2. The fourth-order valence-electron chi connectivity index (χ4n) is 12.2. The number of hydrogen-bond donors (Lipinski definition) is 34. The average molecular weight is 2170 g/mol. The minimum atomic E-state index is -5.87. The Labute approximate surface area is 925 Å². The maximum Gasteiger partial charge on any atom is 1.00 e. The van der Waals surface area contributed by atoms with Crippen molar-refractivity contribution in [1.82, 2.24) is 55.1 Å². The largest absolute Gasteiger partial charge is 1.00 e. The molecule has 6 aliphatic heterocycles. The predicted molar refractivity (Wildman–Crippen MR) is 446 cm³/mol. The van der Waals surface area contributed by atoms with Gasteiger partial charge in [0.1, 0.15) is 133 Å². The van der Waals surface area contributed by atoms with Gasteiger partial charge in [0, 0.05) is 45.5 Å². The first-order valence-corrected chi connectivity index (χ1v) is 43.5. The number of nitrogens with one attached hydrogen (secondary N) is 7. The normalized spacial score (nSPS) is 30.8. The molecule has 2 aromatic rings. The van der Waals surface area contributed by atoms with Crippen LogP contribution in [0, 0.1) is 0 Å². The fraction of sp³-hybridized carbons (Fsp3) is 0.739. The molecule has 6 fully saturated rings. The van der Waals surface area contributed by atoms with Gasteiger partial charge in [-0.05, 0) is 19.2 Å². The van der Waals surface area contributed by atoms with Gasteiger partial charge in [-0.2, -0.15) is 9.97 Å². The van der Waals surface area contributed by atoms with Gasteiger partial charge in [-0.25, -0.2) is 9.59 Å². The van der Waals surface area contributed by atoms with Crippen LogP contribution >= 0.6 is 41.3 Å². The number of nitrogens with zero attached hydrogens (tertiary/aromatic N) is 4. The topological polar surface area (TPSA) is 1060 Å². The van der Waals surface area contributed by atoms with Crippen molar-refractivity contribution in [2.45, 2.75) is 257 Å². The first-order chi connectivity index (χ1) is 62.9. The van der Waals surface area contributed by atoms with Gasteiger partial charge in [-0.3, -0.25) is 56.1 Å².